The molecule has 0 aliphatic carbocycles. The first-order chi connectivity index (χ1) is 20.0. The highest BCUT2D eigenvalue weighted by atomic mass is 35.5. The fraction of sp³-hybridized carbons (Fsp3) is 0.333. The first kappa shape index (κ1) is 33.5. The van der Waals surface area contributed by atoms with Crippen molar-refractivity contribution in [3.05, 3.63) is 92.9 Å². The summed E-state index contributed by atoms with van der Waals surface area (Å²) in [4.78, 5) is 29.2. The summed E-state index contributed by atoms with van der Waals surface area (Å²) in [7, 11) is -2.63. The standard InChI is InChI=1S/C30H34Cl3N3O5S/c1-4-5-16-34-30(38)27(17-21-10-7-6-8-11-21)35(19-23-24(32)12-9-13-25(23)33)29(37)20-36(42(3,39)40)26-18-22(31)14-15-28(26)41-2/h6-15,18,27H,4-5,16-17,19-20H2,1-3H3,(H,34,38). The van der Waals surface area contributed by atoms with E-state index >= 15 is 0 Å². The lowest BCUT2D eigenvalue weighted by Crippen LogP contribution is -2.53. The quantitative estimate of drug-likeness (QED) is 0.216. The maximum atomic E-state index is 14.2. The Hall–Kier alpha value is -2.98. The molecular weight excluding hydrogens is 621 g/mol. The smallest absolute Gasteiger partial charge is 0.244 e. The van der Waals surface area contributed by atoms with Crippen molar-refractivity contribution in [3.63, 3.8) is 0 Å². The summed E-state index contributed by atoms with van der Waals surface area (Å²) in [6.07, 6.45) is 2.78. The molecule has 3 rings (SSSR count). The van der Waals surface area contributed by atoms with Gasteiger partial charge in [0.05, 0.1) is 19.1 Å². The second-order valence-corrected chi connectivity index (χ2v) is 12.8. The number of methoxy groups -OCH3 is 1. The van der Waals surface area contributed by atoms with Gasteiger partial charge in [0.1, 0.15) is 18.3 Å². The van der Waals surface area contributed by atoms with E-state index in [0.29, 0.717) is 22.2 Å². The number of ether oxygens (including phenoxy) is 1. The third-order valence-corrected chi connectivity index (χ3v) is 8.65. The molecule has 0 bridgehead atoms. The zero-order valence-corrected chi connectivity index (χ0v) is 26.7. The number of nitrogens with zero attached hydrogens (tertiary/aromatic N) is 2. The summed E-state index contributed by atoms with van der Waals surface area (Å²) in [5, 5.41) is 3.79. The predicted octanol–water partition coefficient (Wildman–Crippen LogP) is 5.98. The third-order valence-electron chi connectivity index (χ3n) is 6.58. The number of carbonyl (C=O) groups excluding carboxylic acids is 2. The van der Waals surface area contributed by atoms with E-state index in [-0.39, 0.29) is 35.3 Å². The minimum atomic E-state index is -4.01. The van der Waals surface area contributed by atoms with Gasteiger partial charge in [0.2, 0.25) is 21.8 Å². The molecule has 3 aromatic carbocycles. The topological polar surface area (TPSA) is 96.0 Å². The normalized spacial score (nSPS) is 12.0. The third kappa shape index (κ3) is 9.01. The highest BCUT2D eigenvalue weighted by Gasteiger charge is 2.34. The molecule has 226 valence electrons. The molecule has 0 spiro atoms. The fourth-order valence-electron chi connectivity index (χ4n) is 4.37. The number of hydrogen-bond acceptors (Lipinski definition) is 5. The van der Waals surface area contributed by atoms with Gasteiger partial charge in [-0.05, 0) is 42.3 Å². The number of benzene rings is 3. The molecule has 2 amide bonds. The Morgan fingerprint density at radius 1 is 0.976 bits per heavy atom. The van der Waals surface area contributed by atoms with Crippen molar-refractivity contribution >= 4 is 62.3 Å². The van der Waals surface area contributed by atoms with Gasteiger partial charge in [-0.1, -0.05) is 84.5 Å². The number of sulfonamides is 1. The van der Waals surface area contributed by atoms with Crippen LogP contribution in [0.15, 0.2) is 66.7 Å². The molecule has 0 saturated carbocycles. The monoisotopic (exact) mass is 653 g/mol. The Bertz CT molecular complexity index is 1470. The van der Waals surface area contributed by atoms with Crippen molar-refractivity contribution < 1.29 is 22.7 Å². The minimum Gasteiger partial charge on any atom is -0.495 e. The van der Waals surface area contributed by atoms with E-state index in [4.69, 9.17) is 39.5 Å². The fourth-order valence-corrected chi connectivity index (χ4v) is 5.89. The number of unbranched alkanes of at least 4 members (excludes halogenated alkanes) is 1. The lowest BCUT2D eigenvalue weighted by molar-refractivity contribution is -0.140. The molecule has 42 heavy (non-hydrogen) atoms. The van der Waals surface area contributed by atoms with E-state index in [0.717, 1.165) is 29.0 Å². The summed E-state index contributed by atoms with van der Waals surface area (Å²) < 4.78 is 32.4. The Labute approximate surface area is 262 Å². The predicted molar refractivity (Wildman–Crippen MR) is 169 cm³/mol. The second-order valence-electron chi connectivity index (χ2n) is 9.66. The van der Waals surface area contributed by atoms with Crippen LogP contribution < -0.4 is 14.4 Å². The molecule has 0 aliphatic rings. The average molecular weight is 655 g/mol. The maximum Gasteiger partial charge on any atom is 0.244 e. The van der Waals surface area contributed by atoms with Gasteiger partial charge in [-0.15, -0.1) is 0 Å². The number of hydrogen-bond donors (Lipinski definition) is 1. The summed E-state index contributed by atoms with van der Waals surface area (Å²) in [6, 6.07) is 17.7. The van der Waals surface area contributed by atoms with Crippen molar-refractivity contribution in [2.24, 2.45) is 0 Å². The van der Waals surface area contributed by atoms with Crippen molar-refractivity contribution in [1.82, 2.24) is 10.2 Å². The van der Waals surface area contributed by atoms with Crippen LogP contribution in [-0.2, 0) is 32.6 Å². The van der Waals surface area contributed by atoms with Gasteiger partial charge in [-0.25, -0.2) is 8.42 Å². The summed E-state index contributed by atoms with van der Waals surface area (Å²) >= 11 is 19.2. The Kier molecular flexibility index (Phi) is 12.4. The SMILES string of the molecule is CCCCNC(=O)C(Cc1ccccc1)N(Cc1c(Cl)cccc1Cl)C(=O)CN(c1cc(Cl)ccc1OC)S(C)(=O)=O. The highest BCUT2D eigenvalue weighted by molar-refractivity contribution is 7.92. The van der Waals surface area contributed by atoms with Crippen molar-refractivity contribution in [2.75, 3.05) is 30.8 Å². The van der Waals surface area contributed by atoms with Crippen LogP contribution in [0, 0.1) is 0 Å². The Balaban J connectivity index is 2.12. The molecular formula is C30H34Cl3N3O5S. The first-order valence-electron chi connectivity index (χ1n) is 13.3. The van der Waals surface area contributed by atoms with Gasteiger partial charge < -0.3 is 15.0 Å². The Morgan fingerprint density at radius 3 is 2.24 bits per heavy atom. The molecule has 1 atom stereocenters. The number of rotatable bonds is 14. The van der Waals surface area contributed by atoms with Crippen LogP contribution in [0.25, 0.3) is 0 Å². The van der Waals surface area contributed by atoms with Gasteiger partial charge in [-0.2, -0.15) is 0 Å². The number of halogens is 3. The van der Waals surface area contributed by atoms with Crippen LogP contribution in [0.3, 0.4) is 0 Å². The van der Waals surface area contributed by atoms with Crippen molar-refractivity contribution in [3.8, 4) is 5.75 Å². The van der Waals surface area contributed by atoms with Gasteiger partial charge in [0.15, 0.2) is 0 Å². The van der Waals surface area contributed by atoms with Crippen LogP contribution in [0.2, 0.25) is 15.1 Å². The van der Waals surface area contributed by atoms with E-state index < -0.39 is 28.5 Å². The molecule has 0 saturated heterocycles. The molecule has 0 fully saturated rings. The van der Waals surface area contributed by atoms with Crippen LogP contribution in [0.5, 0.6) is 5.75 Å². The highest BCUT2D eigenvalue weighted by Crippen LogP contribution is 2.33. The van der Waals surface area contributed by atoms with Gasteiger partial charge in [0, 0.05) is 40.1 Å². The molecule has 0 aromatic heterocycles. The summed E-state index contributed by atoms with van der Waals surface area (Å²) in [5.74, 6) is -0.823. The Morgan fingerprint density at radius 2 is 1.64 bits per heavy atom. The van der Waals surface area contributed by atoms with Crippen LogP contribution >= 0.6 is 34.8 Å². The van der Waals surface area contributed by atoms with Crippen LogP contribution in [0.4, 0.5) is 5.69 Å². The van der Waals surface area contributed by atoms with E-state index in [1.165, 1.54) is 24.1 Å². The lowest BCUT2D eigenvalue weighted by atomic mass is 10.0. The van der Waals surface area contributed by atoms with E-state index in [1.54, 1.807) is 24.3 Å². The van der Waals surface area contributed by atoms with Gasteiger partial charge in [0.25, 0.3) is 0 Å². The molecule has 0 aliphatic heterocycles. The average Bonchev–Trinajstić information content (AvgIpc) is 2.94. The molecule has 0 radical (unpaired) electrons. The molecule has 1 unspecified atom stereocenters. The van der Waals surface area contributed by atoms with Crippen LogP contribution in [0.1, 0.15) is 30.9 Å². The lowest BCUT2D eigenvalue weighted by Gasteiger charge is -2.34. The molecule has 3 aromatic rings. The maximum absolute atomic E-state index is 14.2. The first-order valence-corrected chi connectivity index (χ1v) is 16.3. The van der Waals surface area contributed by atoms with E-state index in [2.05, 4.69) is 5.32 Å². The molecule has 12 heteroatoms. The largest absolute Gasteiger partial charge is 0.495 e. The summed E-state index contributed by atoms with van der Waals surface area (Å²) in [5.41, 5.74) is 1.33. The zero-order valence-electron chi connectivity index (χ0n) is 23.6. The van der Waals surface area contributed by atoms with Gasteiger partial charge in [-0.3, -0.25) is 13.9 Å². The number of nitrogens with one attached hydrogen (secondary N) is 1. The number of anilines is 1. The second kappa shape index (κ2) is 15.5. The van der Waals surface area contributed by atoms with Crippen molar-refractivity contribution in [2.45, 2.75) is 38.8 Å². The zero-order chi connectivity index (χ0) is 30.9. The van der Waals surface area contributed by atoms with Crippen LogP contribution in [-0.4, -0.2) is 57.6 Å². The van der Waals surface area contributed by atoms with Gasteiger partial charge >= 0.3 is 0 Å². The molecule has 0 heterocycles. The number of carbonyl (C=O) groups is 2. The van der Waals surface area contributed by atoms with E-state index in [9.17, 15) is 18.0 Å². The summed E-state index contributed by atoms with van der Waals surface area (Å²) in [6.45, 7) is 1.66. The minimum absolute atomic E-state index is 0.0867. The molecule has 8 nitrogen and oxygen atoms in total. The number of amides is 2. The van der Waals surface area contributed by atoms with Crippen molar-refractivity contribution in [1.29, 1.82) is 0 Å². The molecule has 1 N–H and O–H groups in total. The van der Waals surface area contributed by atoms with E-state index in [1.807, 2.05) is 37.3 Å².